The Morgan fingerprint density at radius 2 is 2.00 bits per heavy atom. The van der Waals surface area contributed by atoms with E-state index in [1.807, 2.05) is 0 Å². The fourth-order valence-electron chi connectivity index (χ4n) is 2.63. The number of carbonyl (C=O) groups excluding carboxylic acids is 1. The van der Waals surface area contributed by atoms with Crippen LogP contribution in [0.15, 0.2) is 55.2 Å². The topological polar surface area (TPSA) is 94.8 Å². The van der Waals surface area contributed by atoms with Gasteiger partial charge >= 0.3 is 0 Å². The monoisotopic (exact) mass is 378 g/mol. The van der Waals surface area contributed by atoms with Crippen molar-refractivity contribution in [3.8, 4) is 11.5 Å². The predicted octanol–water partition coefficient (Wildman–Crippen LogP) is 2.87. The molecule has 3 aromatic heterocycles. The molecule has 1 aromatic carbocycles. The second kappa shape index (κ2) is 7.39. The number of benzene rings is 1. The highest BCUT2D eigenvalue weighted by Gasteiger charge is 2.10. The maximum atomic E-state index is 13.3. The number of aromatic nitrogens is 5. The molecule has 0 aliphatic rings. The molecule has 1 N–H and O–H groups in total. The first kappa shape index (κ1) is 17.5. The number of carbonyl (C=O) groups is 1. The molecule has 1 amide bonds. The van der Waals surface area contributed by atoms with Crippen molar-refractivity contribution < 1.29 is 13.9 Å². The number of nitrogens with one attached hydrogen (secondary N) is 1. The summed E-state index contributed by atoms with van der Waals surface area (Å²) in [5.74, 6) is 0.650. The van der Waals surface area contributed by atoms with Crippen molar-refractivity contribution in [1.82, 2.24) is 24.7 Å². The number of aryl methyl sites for hydroxylation is 1. The zero-order valence-electron chi connectivity index (χ0n) is 14.8. The normalized spacial score (nSPS) is 10.8. The van der Waals surface area contributed by atoms with Gasteiger partial charge < -0.3 is 10.1 Å². The average Bonchev–Trinajstić information content (AvgIpc) is 3.08. The molecule has 0 aliphatic heterocycles. The molecule has 0 unspecified atom stereocenters. The Morgan fingerprint density at radius 1 is 1.18 bits per heavy atom. The van der Waals surface area contributed by atoms with Gasteiger partial charge in [-0.1, -0.05) is 0 Å². The van der Waals surface area contributed by atoms with Gasteiger partial charge in [0.2, 0.25) is 5.91 Å². The van der Waals surface area contributed by atoms with Crippen molar-refractivity contribution >= 4 is 22.5 Å². The number of ether oxygens (including phenoxy) is 1. The van der Waals surface area contributed by atoms with E-state index in [4.69, 9.17) is 4.74 Å². The number of nitrogens with zero attached hydrogens (tertiary/aromatic N) is 5. The number of halogens is 1. The summed E-state index contributed by atoms with van der Waals surface area (Å²) in [6.45, 7) is 0. The average molecular weight is 378 g/mol. The lowest BCUT2D eigenvalue weighted by atomic mass is 10.2. The number of hydrogen-bond acceptors (Lipinski definition) is 6. The molecule has 0 saturated carbocycles. The summed E-state index contributed by atoms with van der Waals surface area (Å²) in [5.41, 5.74) is 1.09. The van der Waals surface area contributed by atoms with Gasteiger partial charge in [0.15, 0.2) is 5.75 Å². The molecule has 0 fully saturated rings. The van der Waals surface area contributed by atoms with Crippen LogP contribution in [0.1, 0.15) is 5.82 Å². The van der Waals surface area contributed by atoms with Crippen LogP contribution >= 0.6 is 0 Å². The Bertz CT molecular complexity index is 1140. The minimum absolute atomic E-state index is 0.0205. The Balaban J connectivity index is 1.44. The Kier molecular flexibility index (Phi) is 4.63. The molecule has 0 saturated heterocycles. The van der Waals surface area contributed by atoms with Crippen LogP contribution in [0.4, 0.5) is 10.1 Å². The minimum Gasteiger partial charge on any atom is -0.453 e. The lowest BCUT2D eigenvalue weighted by Gasteiger charge is -2.08. The number of pyridine rings is 1. The van der Waals surface area contributed by atoms with E-state index in [1.54, 1.807) is 36.3 Å². The molecule has 8 nitrogen and oxygen atoms in total. The van der Waals surface area contributed by atoms with Crippen LogP contribution in [0.25, 0.3) is 10.9 Å². The van der Waals surface area contributed by atoms with E-state index in [-0.39, 0.29) is 18.1 Å². The summed E-state index contributed by atoms with van der Waals surface area (Å²) in [6, 6.07) is 5.96. The molecule has 0 spiro atoms. The van der Waals surface area contributed by atoms with Crippen LogP contribution in [0.2, 0.25) is 0 Å². The quantitative estimate of drug-likeness (QED) is 0.574. The number of fused-ring (bicyclic) bond motifs is 1. The second-order valence-electron chi connectivity index (χ2n) is 6.04. The molecular weight excluding hydrogens is 363 g/mol. The van der Waals surface area contributed by atoms with Crippen LogP contribution in [0.5, 0.6) is 11.5 Å². The Hall–Kier alpha value is -3.88. The molecule has 0 aliphatic carbocycles. The number of hydrogen-bond donors (Lipinski definition) is 1. The van der Waals surface area contributed by atoms with Crippen molar-refractivity contribution in [1.29, 1.82) is 0 Å². The fraction of sp³-hybridized carbons (Fsp3) is 0.105. The molecule has 9 heteroatoms. The highest BCUT2D eigenvalue weighted by atomic mass is 19.1. The standard InChI is InChI=1S/C19H15FN6O2/c1-26-11-13(8-24-26)25-19(27)7-18-22-9-14(10-23-18)28-17-4-5-21-16-6-12(20)2-3-15(16)17/h2-6,8-11H,7H2,1H3,(H,25,27). The van der Waals surface area contributed by atoms with E-state index in [0.717, 1.165) is 0 Å². The summed E-state index contributed by atoms with van der Waals surface area (Å²) in [4.78, 5) is 24.5. The lowest BCUT2D eigenvalue weighted by molar-refractivity contribution is -0.115. The van der Waals surface area contributed by atoms with Gasteiger partial charge in [0.25, 0.3) is 0 Å². The molecule has 28 heavy (non-hydrogen) atoms. The van der Waals surface area contributed by atoms with Crippen LogP contribution in [-0.4, -0.2) is 30.6 Å². The number of amides is 1. The fourth-order valence-corrected chi connectivity index (χ4v) is 2.63. The van der Waals surface area contributed by atoms with E-state index < -0.39 is 0 Å². The lowest BCUT2D eigenvalue weighted by Crippen LogP contribution is -2.15. The van der Waals surface area contributed by atoms with E-state index in [2.05, 4.69) is 25.4 Å². The van der Waals surface area contributed by atoms with Crippen LogP contribution < -0.4 is 10.1 Å². The van der Waals surface area contributed by atoms with Crippen molar-refractivity contribution in [2.75, 3.05) is 5.32 Å². The third kappa shape index (κ3) is 3.93. The first-order valence-corrected chi connectivity index (χ1v) is 8.38. The third-order valence-electron chi connectivity index (χ3n) is 3.88. The highest BCUT2D eigenvalue weighted by Crippen LogP contribution is 2.28. The van der Waals surface area contributed by atoms with E-state index in [1.165, 1.54) is 30.7 Å². The van der Waals surface area contributed by atoms with E-state index in [9.17, 15) is 9.18 Å². The van der Waals surface area contributed by atoms with Gasteiger partial charge in [0.05, 0.1) is 36.2 Å². The summed E-state index contributed by atoms with van der Waals surface area (Å²) in [7, 11) is 1.76. The van der Waals surface area contributed by atoms with Crippen molar-refractivity contribution in [2.24, 2.45) is 7.05 Å². The van der Waals surface area contributed by atoms with E-state index >= 15 is 0 Å². The smallest absolute Gasteiger partial charge is 0.232 e. The second-order valence-corrected chi connectivity index (χ2v) is 6.04. The number of anilines is 1. The summed E-state index contributed by atoms with van der Waals surface area (Å²) < 4.78 is 20.7. The zero-order chi connectivity index (χ0) is 19.5. The molecule has 140 valence electrons. The Morgan fingerprint density at radius 3 is 2.75 bits per heavy atom. The summed E-state index contributed by atoms with van der Waals surface area (Å²) >= 11 is 0. The third-order valence-corrected chi connectivity index (χ3v) is 3.88. The van der Waals surface area contributed by atoms with Gasteiger partial charge in [-0.05, 0) is 18.2 Å². The van der Waals surface area contributed by atoms with Gasteiger partial charge in [0, 0.05) is 30.9 Å². The van der Waals surface area contributed by atoms with Crippen LogP contribution in [0.3, 0.4) is 0 Å². The van der Waals surface area contributed by atoms with Crippen molar-refractivity contribution in [2.45, 2.75) is 6.42 Å². The SMILES string of the molecule is Cn1cc(NC(=O)Cc2ncc(Oc3ccnc4cc(F)ccc34)cn2)cn1. The van der Waals surface area contributed by atoms with Crippen LogP contribution in [0, 0.1) is 5.82 Å². The van der Waals surface area contributed by atoms with Gasteiger partial charge in [-0.3, -0.25) is 14.5 Å². The molecule has 4 rings (SSSR count). The summed E-state index contributed by atoms with van der Waals surface area (Å²) in [5, 5.41) is 7.37. The molecule has 4 aromatic rings. The minimum atomic E-state index is -0.366. The molecule has 0 atom stereocenters. The van der Waals surface area contributed by atoms with Gasteiger partial charge in [-0.2, -0.15) is 5.10 Å². The molecule has 0 bridgehead atoms. The van der Waals surface area contributed by atoms with Gasteiger partial charge in [-0.25, -0.2) is 14.4 Å². The molecule has 0 radical (unpaired) electrons. The number of rotatable bonds is 5. The zero-order valence-corrected chi connectivity index (χ0v) is 14.8. The maximum Gasteiger partial charge on any atom is 0.232 e. The van der Waals surface area contributed by atoms with Crippen LogP contribution in [-0.2, 0) is 18.3 Å². The predicted molar refractivity (Wildman–Crippen MR) is 99.3 cm³/mol. The largest absolute Gasteiger partial charge is 0.453 e. The highest BCUT2D eigenvalue weighted by molar-refractivity contribution is 5.91. The summed E-state index contributed by atoms with van der Waals surface area (Å²) in [6.07, 6.45) is 7.77. The first-order valence-electron chi connectivity index (χ1n) is 8.38. The maximum absolute atomic E-state index is 13.3. The van der Waals surface area contributed by atoms with Gasteiger partial charge in [-0.15, -0.1) is 0 Å². The molecular formula is C19H15FN6O2. The van der Waals surface area contributed by atoms with E-state index in [0.29, 0.717) is 33.9 Å². The Labute approximate surface area is 159 Å². The van der Waals surface area contributed by atoms with Gasteiger partial charge in [0.1, 0.15) is 17.4 Å². The van der Waals surface area contributed by atoms with Crippen molar-refractivity contribution in [3.05, 3.63) is 66.9 Å². The molecule has 3 heterocycles. The van der Waals surface area contributed by atoms with Crippen molar-refractivity contribution in [3.63, 3.8) is 0 Å². The first-order chi connectivity index (χ1) is 13.6.